The average molecular weight is 273 g/mol. The third-order valence-electron chi connectivity index (χ3n) is 2.21. The molecule has 0 aromatic heterocycles. The summed E-state index contributed by atoms with van der Waals surface area (Å²) in [7, 11) is 10.6. The summed E-state index contributed by atoms with van der Waals surface area (Å²) in [5, 5.41) is 0. The minimum absolute atomic E-state index is 0.0382. The van der Waals surface area contributed by atoms with Gasteiger partial charge in [0.2, 0.25) is 0 Å². The molecule has 0 unspecified atom stereocenters. The van der Waals surface area contributed by atoms with E-state index in [4.69, 9.17) is 0 Å². The molecule has 0 fully saturated rings. The van der Waals surface area contributed by atoms with Crippen molar-refractivity contribution in [2.24, 2.45) is 0 Å². The Morgan fingerprint density at radius 1 is 1.00 bits per heavy atom. The van der Waals surface area contributed by atoms with Crippen molar-refractivity contribution in [3.05, 3.63) is 0 Å². The van der Waals surface area contributed by atoms with E-state index in [9.17, 15) is 0 Å². The van der Waals surface area contributed by atoms with Gasteiger partial charge < -0.3 is 0 Å². The van der Waals surface area contributed by atoms with E-state index in [0.717, 1.165) is 17.1 Å². The van der Waals surface area contributed by atoms with Crippen molar-refractivity contribution in [2.75, 3.05) is 0 Å². The monoisotopic (exact) mass is 272 g/mol. The molecule has 0 nitrogen and oxygen atoms in total. The standard InChI is InChI=1S/H20Si9/c1-6-8(7-2)9(3,4)5/h8H,6-7H2,1-5H3. The molecule has 0 aromatic rings. The first-order valence-corrected chi connectivity index (χ1v) is 36.2. The molecular weight excluding hydrogens is 253 g/mol. The quantitative estimate of drug-likeness (QED) is 0.448. The number of rotatable bonds is 3. The average Bonchev–Trinajstić information content (AvgIpc) is 1.65. The Kier molecular flexibility index (Phi) is 5.79. The zero-order valence-corrected chi connectivity index (χ0v) is 22.5. The lowest BCUT2D eigenvalue weighted by Crippen LogP contribution is -2.62. The van der Waals surface area contributed by atoms with Crippen LogP contribution in [0.25, 0.3) is 0 Å². The van der Waals surface area contributed by atoms with E-state index in [0.29, 0.717) is 7.35 Å². The van der Waals surface area contributed by atoms with Crippen LogP contribution in [0.3, 0.4) is 0 Å². The summed E-state index contributed by atoms with van der Waals surface area (Å²) in [6.07, 6.45) is -0.0382. The fourth-order valence-electron chi connectivity index (χ4n) is 1.51. The van der Waals surface area contributed by atoms with Gasteiger partial charge in [-0.3, -0.25) is 0 Å². The van der Waals surface area contributed by atoms with Crippen LogP contribution < -0.4 is 0 Å². The minimum atomic E-state index is -0.0382. The summed E-state index contributed by atoms with van der Waals surface area (Å²) < 4.78 is 0. The van der Waals surface area contributed by atoms with Gasteiger partial charge in [-0.2, -0.15) is 0 Å². The lowest BCUT2D eigenvalue weighted by molar-refractivity contribution is 3.52. The topological polar surface area (TPSA) is 0 Å². The molecule has 0 atom stereocenters. The molecule has 56 valence electrons. The smallest absolute Gasteiger partial charge is 0.00584 e. The van der Waals surface area contributed by atoms with Gasteiger partial charge in [-0.25, -0.2) is 0 Å². The van der Waals surface area contributed by atoms with Crippen molar-refractivity contribution in [1.82, 2.24) is 0 Å². The Bertz CT molecular complexity index is 62.6. The maximum atomic E-state index is 1.77. The molecule has 0 aliphatic carbocycles. The third-order valence-corrected chi connectivity index (χ3v) is 179. The molecule has 9 heteroatoms. The van der Waals surface area contributed by atoms with E-state index in [1.165, 1.54) is 0 Å². The van der Waals surface area contributed by atoms with Gasteiger partial charge in [-0.05, 0) is 79.4 Å². The predicted molar refractivity (Wildman–Crippen MR) is 79.7 cm³/mol. The van der Waals surface area contributed by atoms with Crippen LogP contribution in [0.5, 0.6) is 0 Å². The van der Waals surface area contributed by atoms with Crippen LogP contribution in [-0.4, -0.2) is 79.4 Å². The predicted octanol–water partition coefficient (Wildman–Crippen LogP) is -8.78. The van der Waals surface area contributed by atoms with Crippen LogP contribution in [0, 0.1) is 0 Å². The van der Waals surface area contributed by atoms with Gasteiger partial charge in [-0.1, -0.05) is 0 Å². The second-order valence-electron chi connectivity index (χ2n) is 3.88. The van der Waals surface area contributed by atoms with Crippen molar-refractivity contribution in [3.8, 4) is 0 Å². The molecule has 0 heterocycles. The second-order valence-corrected chi connectivity index (χ2v) is 105. The van der Waals surface area contributed by atoms with Gasteiger partial charge >= 0.3 is 0 Å². The van der Waals surface area contributed by atoms with Crippen molar-refractivity contribution >= 4 is 79.4 Å². The van der Waals surface area contributed by atoms with E-state index in [-0.39, 0.29) is 6.14 Å². The van der Waals surface area contributed by atoms with Crippen molar-refractivity contribution in [2.45, 2.75) is 0 Å². The Morgan fingerprint density at radius 2 is 1.33 bits per heavy atom. The molecule has 0 bridgehead atoms. The molecule has 0 N–H and O–H groups in total. The van der Waals surface area contributed by atoms with Gasteiger partial charge in [0.25, 0.3) is 0 Å². The summed E-state index contributed by atoms with van der Waals surface area (Å²) in [4.78, 5) is 0. The molecule has 0 rings (SSSR count). The highest BCUT2D eigenvalue weighted by atomic mass is 30.3. The third kappa shape index (κ3) is 4.41. The Labute approximate surface area is 79.0 Å². The zero-order chi connectivity index (χ0) is 7.49. The highest BCUT2D eigenvalue weighted by Gasteiger charge is 2.23. The maximum absolute atomic E-state index is 1.77. The normalized spacial score (nSPS) is 25.3. The molecule has 0 aromatic carbocycles. The van der Waals surface area contributed by atoms with Crippen molar-refractivity contribution < 1.29 is 0 Å². The van der Waals surface area contributed by atoms with Crippen LogP contribution in [-0.2, 0) is 0 Å². The van der Waals surface area contributed by atoms with Crippen LogP contribution >= 0.6 is 0 Å². The number of hydrogen-bond acceptors (Lipinski definition) is 0. The molecule has 0 radical (unpaired) electrons. The molecule has 0 saturated heterocycles. The summed E-state index contributed by atoms with van der Waals surface area (Å²) in [6.45, 7) is 0. The molecule has 0 aliphatic heterocycles. The SMILES string of the molecule is [SiH3][SiH2][SiH]([SiH2][SiH3])[Si]([SiH3])([SiH3])[SiH3]. The summed E-state index contributed by atoms with van der Waals surface area (Å²) in [5.74, 6) is 0. The van der Waals surface area contributed by atoms with E-state index in [1.54, 1.807) is 48.8 Å². The fourth-order valence-corrected chi connectivity index (χ4v) is 368. The molecule has 9 heavy (non-hydrogen) atoms. The van der Waals surface area contributed by atoms with Gasteiger partial charge in [0.15, 0.2) is 0 Å². The number of hydrogen-bond donors (Lipinski definition) is 0. The van der Waals surface area contributed by atoms with E-state index in [2.05, 4.69) is 0 Å². The van der Waals surface area contributed by atoms with E-state index in [1.807, 2.05) is 0 Å². The highest BCUT2D eigenvalue weighted by Crippen LogP contribution is 1.86. The first-order valence-electron chi connectivity index (χ1n) is 4.02. The van der Waals surface area contributed by atoms with Gasteiger partial charge in [-0.15, -0.1) is 0 Å². The highest BCUT2D eigenvalue weighted by molar-refractivity contribution is 7.99. The van der Waals surface area contributed by atoms with Gasteiger partial charge in [0.05, 0.1) is 0 Å². The molecular formula is H20Si9. The summed E-state index contributed by atoms with van der Waals surface area (Å²) in [5.41, 5.74) is 0. The van der Waals surface area contributed by atoms with Crippen LogP contribution in [0.4, 0.5) is 0 Å². The second kappa shape index (κ2) is 4.75. The Balaban J connectivity index is 3.79. The lowest BCUT2D eigenvalue weighted by Gasteiger charge is -2.24. The summed E-state index contributed by atoms with van der Waals surface area (Å²) in [6, 6.07) is 0. The van der Waals surface area contributed by atoms with Crippen molar-refractivity contribution in [3.63, 3.8) is 0 Å². The molecule has 0 aliphatic rings. The van der Waals surface area contributed by atoms with Crippen molar-refractivity contribution in [1.29, 1.82) is 0 Å². The van der Waals surface area contributed by atoms with Crippen LogP contribution in [0.2, 0.25) is 0 Å². The Morgan fingerprint density at radius 3 is 1.33 bits per heavy atom. The van der Waals surface area contributed by atoms with Gasteiger partial charge in [0.1, 0.15) is 0 Å². The molecule has 0 amide bonds. The molecule has 0 spiro atoms. The first kappa shape index (κ1) is 11.0. The Hall–Kier alpha value is 1.95. The minimum Gasteiger partial charge on any atom is -0.0119 e. The largest absolute Gasteiger partial charge is 0.0119 e. The lowest BCUT2D eigenvalue weighted by atomic mass is 25.9. The van der Waals surface area contributed by atoms with Crippen LogP contribution in [0.1, 0.15) is 0 Å². The first-order chi connectivity index (χ1) is 4.02. The summed E-state index contributed by atoms with van der Waals surface area (Å²) >= 11 is 0. The maximum Gasteiger partial charge on any atom is -0.00584 e. The molecule has 0 saturated carbocycles. The van der Waals surface area contributed by atoms with E-state index < -0.39 is 0 Å². The zero-order valence-electron chi connectivity index (χ0n) is 7.49. The fraction of sp³-hybridized carbons (Fsp3) is 0. The van der Waals surface area contributed by atoms with Gasteiger partial charge in [0, 0.05) is 0 Å². The van der Waals surface area contributed by atoms with Crippen LogP contribution in [0.15, 0.2) is 0 Å². The van der Waals surface area contributed by atoms with E-state index >= 15 is 0 Å².